The van der Waals surface area contributed by atoms with Gasteiger partial charge >= 0.3 is 0 Å². The Labute approximate surface area is 147 Å². The van der Waals surface area contributed by atoms with Crippen LogP contribution in [-0.2, 0) is 0 Å². The summed E-state index contributed by atoms with van der Waals surface area (Å²) in [5, 5.41) is 3.43. The zero-order chi connectivity index (χ0) is 16.7. The number of rotatable bonds is 1. The molecule has 2 aromatic rings. The van der Waals surface area contributed by atoms with Gasteiger partial charge < -0.3 is 14.5 Å². The van der Waals surface area contributed by atoms with Crippen LogP contribution in [0.15, 0.2) is 53.0 Å². The third kappa shape index (κ3) is 2.56. The molecule has 1 spiro atoms. The summed E-state index contributed by atoms with van der Waals surface area (Å²) in [7, 11) is 0. The number of hydrogen-bond donors (Lipinski definition) is 1. The lowest BCUT2D eigenvalue weighted by atomic mass is 9.85. The van der Waals surface area contributed by atoms with Crippen molar-refractivity contribution >= 4 is 17.7 Å². The summed E-state index contributed by atoms with van der Waals surface area (Å²) in [6.07, 6.45) is 13.7. The third-order valence-electron chi connectivity index (χ3n) is 5.24. The Hall–Kier alpha value is -2.52. The predicted octanol–water partition coefficient (Wildman–Crippen LogP) is 4.66. The fourth-order valence-corrected chi connectivity index (χ4v) is 3.93. The molecule has 3 aliphatic rings. The van der Waals surface area contributed by atoms with Gasteiger partial charge in [-0.1, -0.05) is 36.4 Å². The maximum Gasteiger partial charge on any atom is 0.135 e. The number of nitrogens with one attached hydrogen (secondary N) is 1. The SMILES string of the molecule is C1=Cc2cc(C3=CC4(CCNCC4)Oc4ccccc43)oc2C=CC1. The van der Waals surface area contributed by atoms with Crippen LogP contribution in [0.1, 0.15) is 41.9 Å². The van der Waals surface area contributed by atoms with Gasteiger partial charge in [0.1, 0.15) is 22.9 Å². The molecule has 0 atom stereocenters. The number of fused-ring (bicyclic) bond motifs is 2. The summed E-state index contributed by atoms with van der Waals surface area (Å²) in [6.45, 7) is 1.96. The Bertz CT molecular complexity index is 865. The molecule has 1 N–H and O–H groups in total. The van der Waals surface area contributed by atoms with Crippen molar-refractivity contribution in [2.24, 2.45) is 0 Å². The molecule has 0 amide bonds. The number of hydrogen-bond acceptors (Lipinski definition) is 3. The van der Waals surface area contributed by atoms with E-state index in [2.05, 4.69) is 60.0 Å². The van der Waals surface area contributed by atoms with Crippen molar-refractivity contribution in [3.05, 3.63) is 71.2 Å². The number of furan rings is 1. The van der Waals surface area contributed by atoms with Crippen molar-refractivity contribution in [1.82, 2.24) is 5.32 Å². The van der Waals surface area contributed by atoms with E-state index in [4.69, 9.17) is 9.15 Å². The quantitative estimate of drug-likeness (QED) is 0.825. The molecule has 3 heterocycles. The Morgan fingerprint density at radius 1 is 1.00 bits per heavy atom. The highest BCUT2D eigenvalue weighted by molar-refractivity contribution is 5.84. The highest BCUT2D eigenvalue weighted by Crippen LogP contribution is 2.43. The van der Waals surface area contributed by atoms with Crippen LogP contribution in [0.3, 0.4) is 0 Å². The lowest BCUT2D eigenvalue weighted by Crippen LogP contribution is -2.46. The smallest absolute Gasteiger partial charge is 0.135 e. The van der Waals surface area contributed by atoms with Gasteiger partial charge in [0, 0.05) is 29.5 Å². The van der Waals surface area contributed by atoms with Crippen LogP contribution < -0.4 is 10.1 Å². The van der Waals surface area contributed by atoms with Crippen molar-refractivity contribution in [1.29, 1.82) is 0 Å². The summed E-state index contributed by atoms with van der Waals surface area (Å²) in [4.78, 5) is 0. The molecule has 126 valence electrons. The number of allylic oxidation sites excluding steroid dienone is 2. The summed E-state index contributed by atoms with van der Waals surface area (Å²) in [5.41, 5.74) is 3.18. The van der Waals surface area contributed by atoms with E-state index in [0.717, 1.165) is 66.3 Å². The molecule has 0 unspecified atom stereocenters. The Balaban J connectivity index is 1.65. The van der Waals surface area contributed by atoms with Gasteiger partial charge in [-0.2, -0.15) is 0 Å². The molecule has 25 heavy (non-hydrogen) atoms. The minimum Gasteiger partial charge on any atom is -0.482 e. The lowest BCUT2D eigenvalue weighted by molar-refractivity contribution is 0.0815. The third-order valence-corrected chi connectivity index (χ3v) is 5.24. The summed E-state index contributed by atoms with van der Waals surface area (Å²) in [6, 6.07) is 10.4. The van der Waals surface area contributed by atoms with E-state index in [1.807, 2.05) is 6.07 Å². The molecule has 1 fully saturated rings. The van der Waals surface area contributed by atoms with Crippen LogP contribution in [-0.4, -0.2) is 18.7 Å². The molecular formula is C22H21NO2. The number of benzene rings is 1. The van der Waals surface area contributed by atoms with Crippen molar-refractivity contribution in [3.63, 3.8) is 0 Å². The second-order valence-corrected chi connectivity index (χ2v) is 6.94. The first-order valence-corrected chi connectivity index (χ1v) is 9.02. The minimum absolute atomic E-state index is 0.231. The number of piperidine rings is 1. The first-order valence-electron chi connectivity index (χ1n) is 9.02. The van der Waals surface area contributed by atoms with E-state index < -0.39 is 0 Å². The average molecular weight is 331 g/mol. The first kappa shape index (κ1) is 14.8. The molecule has 1 saturated heterocycles. The van der Waals surface area contributed by atoms with Gasteiger partial charge in [-0.15, -0.1) is 0 Å². The van der Waals surface area contributed by atoms with E-state index in [9.17, 15) is 0 Å². The maximum atomic E-state index is 6.45. The van der Waals surface area contributed by atoms with Crippen molar-refractivity contribution in [2.45, 2.75) is 24.9 Å². The molecule has 3 nitrogen and oxygen atoms in total. The molecule has 1 aromatic carbocycles. The van der Waals surface area contributed by atoms with Crippen molar-refractivity contribution < 1.29 is 9.15 Å². The van der Waals surface area contributed by atoms with E-state index in [1.165, 1.54) is 0 Å². The minimum atomic E-state index is -0.231. The Kier molecular flexibility index (Phi) is 3.42. The largest absolute Gasteiger partial charge is 0.482 e. The number of para-hydroxylation sites is 1. The normalized spacial score (nSPS) is 20.4. The van der Waals surface area contributed by atoms with Gasteiger partial charge in [0.2, 0.25) is 0 Å². The zero-order valence-electron chi connectivity index (χ0n) is 14.1. The molecule has 5 rings (SSSR count). The monoisotopic (exact) mass is 331 g/mol. The zero-order valence-corrected chi connectivity index (χ0v) is 14.1. The maximum absolute atomic E-state index is 6.45. The summed E-state index contributed by atoms with van der Waals surface area (Å²) in [5.74, 6) is 2.82. The Morgan fingerprint density at radius 2 is 1.84 bits per heavy atom. The van der Waals surface area contributed by atoms with Gasteiger partial charge in [0.25, 0.3) is 0 Å². The van der Waals surface area contributed by atoms with Crippen molar-refractivity contribution in [3.8, 4) is 5.75 Å². The molecule has 0 saturated carbocycles. The predicted molar refractivity (Wildman–Crippen MR) is 100 cm³/mol. The number of ether oxygens (including phenoxy) is 1. The molecule has 2 aliphatic heterocycles. The molecular weight excluding hydrogens is 310 g/mol. The van der Waals surface area contributed by atoms with Crippen LogP contribution in [0.25, 0.3) is 17.7 Å². The van der Waals surface area contributed by atoms with Gasteiger partial charge in [-0.3, -0.25) is 0 Å². The van der Waals surface area contributed by atoms with Gasteiger partial charge in [0.15, 0.2) is 0 Å². The highest BCUT2D eigenvalue weighted by atomic mass is 16.5. The molecule has 1 aliphatic carbocycles. The molecule has 0 bridgehead atoms. The first-order chi connectivity index (χ1) is 12.3. The van der Waals surface area contributed by atoms with E-state index >= 15 is 0 Å². The highest BCUT2D eigenvalue weighted by Gasteiger charge is 2.37. The van der Waals surface area contributed by atoms with Gasteiger partial charge in [-0.05, 0) is 43.8 Å². The van der Waals surface area contributed by atoms with E-state index in [1.54, 1.807) is 0 Å². The second kappa shape index (κ2) is 5.78. The standard InChI is InChI=1S/C22H21NO2/c1-2-6-16-14-21(24-19(16)8-3-1)18-15-22(10-12-23-13-11-22)25-20-9-5-4-7-17(18)20/h2-9,14-15,23H,1,10-13H2. The summed E-state index contributed by atoms with van der Waals surface area (Å²) < 4.78 is 12.7. The van der Waals surface area contributed by atoms with Gasteiger partial charge in [-0.25, -0.2) is 0 Å². The van der Waals surface area contributed by atoms with Gasteiger partial charge in [0.05, 0.1) is 0 Å². The van der Waals surface area contributed by atoms with Crippen LogP contribution in [0.5, 0.6) is 5.75 Å². The average Bonchev–Trinajstić information content (AvgIpc) is 2.92. The fraction of sp³-hybridized carbons (Fsp3) is 0.273. The van der Waals surface area contributed by atoms with Crippen molar-refractivity contribution in [2.75, 3.05) is 13.1 Å². The molecule has 3 heteroatoms. The molecule has 0 radical (unpaired) electrons. The van der Waals surface area contributed by atoms with Crippen LogP contribution in [0, 0.1) is 0 Å². The lowest BCUT2D eigenvalue weighted by Gasteiger charge is -2.39. The van der Waals surface area contributed by atoms with Crippen LogP contribution in [0.4, 0.5) is 0 Å². The van der Waals surface area contributed by atoms with E-state index in [-0.39, 0.29) is 5.60 Å². The van der Waals surface area contributed by atoms with Crippen LogP contribution in [0.2, 0.25) is 0 Å². The second-order valence-electron chi connectivity index (χ2n) is 6.94. The summed E-state index contributed by atoms with van der Waals surface area (Å²) >= 11 is 0. The topological polar surface area (TPSA) is 34.4 Å². The fourth-order valence-electron chi connectivity index (χ4n) is 3.93. The Morgan fingerprint density at radius 3 is 2.76 bits per heavy atom. The van der Waals surface area contributed by atoms with E-state index in [0.29, 0.717) is 0 Å². The van der Waals surface area contributed by atoms with Crippen LogP contribution >= 0.6 is 0 Å². The molecule has 1 aromatic heterocycles.